The second-order valence-corrected chi connectivity index (χ2v) is 8.37. The number of nitrogens with zero attached hydrogens (tertiary/aromatic N) is 2. The van der Waals surface area contributed by atoms with Crippen LogP contribution in [-0.2, 0) is 31.4 Å². The minimum atomic E-state index is -0.999. The molecule has 0 aliphatic heterocycles. The number of carbonyl (C=O) groups excluding carboxylic acids is 1. The summed E-state index contributed by atoms with van der Waals surface area (Å²) in [5.74, 6) is -1.85. The first-order valence-corrected chi connectivity index (χ1v) is 11.3. The molecule has 4 aromatic rings. The van der Waals surface area contributed by atoms with Gasteiger partial charge in [0.1, 0.15) is 5.82 Å². The Morgan fingerprint density at radius 1 is 1.06 bits per heavy atom. The second kappa shape index (κ2) is 10.8. The largest absolute Gasteiger partial charge is 0.481 e. The van der Waals surface area contributed by atoms with E-state index in [2.05, 4.69) is 15.7 Å². The number of aromatic nitrogens is 2. The highest BCUT2D eigenvalue weighted by Crippen LogP contribution is 2.28. The number of amides is 1. The number of carbonyl (C=O) groups is 2. The number of carboxylic acids is 1. The van der Waals surface area contributed by atoms with Crippen molar-refractivity contribution in [2.45, 2.75) is 19.5 Å². The van der Waals surface area contributed by atoms with Crippen LogP contribution in [0.3, 0.4) is 0 Å². The Morgan fingerprint density at radius 3 is 2.56 bits per heavy atom. The summed E-state index contributed by atoms with van der Waals surface area (Å²) in [6.07, 6.45) is 1.61. The fourth-order valence-corrected chi connectivity index (χ4v) is 3.87. The Morgan fingerprint density at radius 2 is 1.83 bits per heavy atom. The lowest BCUT2D eigenvalue weighted by molar-refractivity contribution is -0.136. The molecule has 8 nitrogen and oxygen atoms in total. The van der Waals surface area contributed by atoms with Gasteiger partial charge in [-0.25, -0.2) is 4.39 Å². The minimum Gasteiger partial charge on any atom is -0.481 e. The smallest absolute Gasteiger partial charge is 0.307 e. The van der Waals surface area contributed by atoms with Crippen molar-refractivity contribution in [3.05, 3.63) is 101 Å². The molecule has 0 saturated carbocycles. The molecule has 0 spiro atoms. The summed E-state index contributed by atoms with van der Waals surface area (Å²) in [5, 5.41) is 19.6. The molecule has 3 aromatic carbocycles. The Bertz CT molecular complexity index is 1420. The Hall–Kier alpha value is -4.50. The van der Waals surface area contributed by atoms with Crippen LogP contribution in [0, 0.1) is 5.82 Å². The molecule has 1 aromatic heterocycles. The van der Waals surface area contributed by atoms with E-state index in [1.807, 2.05) is 25.4 Å². The maximum Gasteiger partial charge on any atom is 0.307 e. The third-order valence-corrected chi connectivity index (χ3v) is 5.57. The highest BCUT2D eigenvalue weighted by molar-refractivity contribution is 6.06. The topological polar surface area (TPSA) is 122 Å². The average Bonchev–Trinajstić information content (AvgIpc) is 3.28. The summed E-state index contributed by atoms with van der Waals surface area (Å²) < 4.78 is 16.0. The molecular weight excluding hydrogens is 461 g/mol. The zero-order valence-corrected chi connectivity index (χ0v) is 19.7. The number of benzene rings is 3. The van der Waals surface area contributed by atoms with Gasteiger partial charge in [-0.05, 0) is 70.8 Å². The van der Waals surface area contributed by atoms with Crippen molar-refractivity contribution in [1.29, 1.82) is 0 Å². The van der Waals surface area contributed by atoms with Crippen molar-refractivity contribution in [1.82, 2.24) is 9.78 Å². The summed E-state index contributed by atoms with van der Waals surface area (Å²) in [6.45, 7) is 0.597. The molecule has 1 amide bonds. The van der Waals surface area contributed by atoms with Crippen LogP contribution in [0.4, 0.5) is 15.8 Å². The lowest BCUT2D eigenvalue weighted by Gasteiger charge is -2.14. The van der Waals surface area contributed by atoms with Crippen molar-refractivity contribution in [3.8, 4) is 11.1 Å². The molecule has 0 saturated heterocycles. The summed E-state index contributed by atoms with van der Waals surface area (Å²) >= 11 is 0. The Kier molecular flexibility index (Phi) is 7.41. The maximum absolute atomic E-state index is 14.3. The van der Waals surface area contributed by atoms with E-state index in [0.717, 1.165) is 5.69 Å². The van der Waals surface area contributed by atoms with Gasteiger partial charge in [-0.15, -0.1) is 0 Å². The SMILES string of the molecule is Cn1ccc(CNc2cc(C(=O)Nc3ccccc3CC(=O)O)cc(-c3cc(F)cc(CN)c3)c2)n1. The second-order valence-electron chi connectivity index (χ2n) is 8.37. The van der Waals surface area contributed by atoms with Gasteiger partial charge in [0.05, 0.1) is 18.7 Å². The molecule has 4 rings (SSSR count). The lowest BCUT2D eigenvalue weighted by Crippen LogP contribution is -2.15. The monoisotopic (exact) mass is 487 g/mol. The summed E-state index contributed by atoms with van der Waals surface area (Å²) in [4.78, 5) is 24.5. The third-order valence-electron chi connectivity index (χ3n) is 5.57. The number of carboxylic acid groups (broad SMARTS) is 1. The number of nitrogens with two attached hydrogens (primary N) is 1. The van der Waals surface area contributed by atoms with Crippen molar-refractivity contribution in [2.24, 2.45) is 12.8 Å². The first kappa shape index (κ1) is 24.6. The lowest BCUT2D eigenvalue weighted by atomic mass is 9.99. The van der Waals surface area contributed by atoms with Gasteiger partial charge < -0.3 is 21.5 Å². The number of hydrogen-bond donors (Lipinski definition) is 4. The van der Waals surface area contributed by atoms with Crippen LogP contribution >= 0.6 is 0 Å². The molecule has 0 aliphatic carbocycles. The van der Waals surface area contributed by atoms with Gasteiger partial charge in [-0.1, -0.05) is 18.2 Å². The van der Waals surface area contributed by atoms with Crippen LogP contribution in [0.2, 0.25) is 0 Å². The van der Waals surface area contributed by atoms with Gasteiger partial charge >= 0.3 is 5.97 Å². The predicted molar refractivity (Wildman–Crippen MR) is 136 cm³/mol. The molecule has 0 aliphatic rings. The molecule has 0 fully saturated rings. The van der Waals surface area contributed by atoms with Gasteiger partial charge in [0.2, 0.25) is 0 Å². The standard InChI is InChI=1S/C27H26FN5O3/c1-33-7-6-23(32-33)16-30-24-12-20(19-8-17(15-29)9-22(28)11-19)10-21(13-24)27(36)31-25-5-3-2-4-18(25)14-26(34)35/h2-13,30H,14-16,29H2,1H3,(H,31,36)(H,34,35). The number of nitrogens with one attached hydrogen (secondary N) is 2. The number of hydrogen-bond acceptors (Lipinski definition) is 5. The third kappa shape index (κ3) is 6.13. The fourth-order valence-electron chi connectivity index (χ4n) is 3.87. The Labute approximate surface area is 207 Å². The first-order valence-electron chi connectivity index (χ1n) is 11.3. The number of aliphatic carboxylic acids is 1. The van der Waals surface area contributed by atoms with E-state index in [-0.39, 0.29) is 13.0 Å². The van der Waals surface area contributed by atoms with E-state index >= 15 is 0 Å². The summed E-state index contributed by atoms with van der Waals surface area (Å²) in [5.41, 5.74) is 10.2. The molecule has 0 atom stereocenters. The zero-order valence-electron chi connectivity index (χ0n) is 19.7. The number of anilines is 2. The van der Waals surface area contributed by atoms with E-state index in [4.69, 9.17) is 5.73 Å². The Balaban J connectivity index is 1.69. The number of aryl methyl sites for hydroxylation is 1. The quantitative estimate of drug-likeness (QED) is 0.281. The van der Waals surface area contributed by atoms with Crippen molar-refractivity contribution < 1.29 is 19.1 Å². The number of para-hydroxylation sites is 1. The fraction of sp³-hybridized carbons (Fsp3) is 0.148. The maximum atomic E-state index is 14.3. The van der Waals surface area contributed by atoms with Crippen LogP contribution in [0.5, 0.6) is 0 Å². The molecule has 0 unspecified atom stereocenters. The van der Waals surface area contributed by atoms with Gasteiger partial charge in [0, 0.05) is 36.7 Å². The van der Waals surface area contributed by atoms with E-state index in [9.17, 15) is 19.1 Å². The molecule has 184 valence electrons. The van der Waals surface area contributed by atoms with Crippen molar-refractivity contribution in [3.63, 3.8) is 0 Å². The molecule has 0 radical (unpaired) electrons. The highest BCUT2D eigenvalue weighted by atomic mass is 19.1. The van der Waals surface area contributed by atoms with Crippen LogP contribution in [0.25, 0.3) is 11.1 Å². The molecule has 0 bridgehead atoms. The van der Waals surface area contributed by atoms with Crippen LogP contribution in [0.1, 0.15) is 27.2 Å². The number of rotatable bonds is 9. The van der Waals surface area contributed by atoms with E-state index < -0.39 is 17.7 Å². The molecule has 36 heavy (non-hydrogen) atoms. The zero-order chi connectivity index (χ0) is 25.7. The van der Waals surface area contributed by atoms with Gasteiger partial charge in [-0.3, -0.25) is 14.3 Å². The van der Waals surface area contributed by atoms with Gasteiger partial charge in [0.15, 0.2) is 0 Å². The van der Waals surface area contributed by atoms with Gasteiger partial charge in [-0.2, -0.15) is 5.10 Å². The van der Waals surface area contributed by atoms with Crippen LogP contribution in [-0.4, -0.2) is 26.8 Å². The highest BCUT2D eigenvalue weighted by Gasteiger charge is 2.14. The first-order chi connectivity index (χ1) is 17.3. The van der Waals surface area contributed by atoms with E-state index in [0.29, 0.717) is 45.7 Å². The molecule has 5 N–H and O–H groups in total. The average molecular weight is 488 g/mol. The van der Waals surface area contributed by atoms with Crippen molar-refractivity contribution in [2.75, 3.05) is 10.6 Å². The molecular formula is C27H26FN5O3. The normalized spacial score (nSPS) is 10.8. The molecule has 1 heterocycles. The summed E-state index contributed by atoms with van der Waals surface area (Å²) in [7, 11) is 1.83. The minimum absolute atomic E-state index is 0.177. The van der Waals surface area contributed by atoms with Crippen molar-refractivity contribution >= 4 is 23.3 Å². The number of halogens is 1. The summed E-state index contributed by atoms with van der Waals surface area (Å²) in [6, 6.07) is 18.3. The van der Waals surface area contributed by atoms with Gasteiger partial charge in [0.25, 0.3) is 5.91 Å². The van der Waals surface area contributed by atoms with Crippen LogP contribution < -0.4 is 16.4 Å². The van der Waals surface area contributed by atoms with E-state index in [1.54, 1.807) is 47.1 Å². The molecule has 9 heteroatoms. The predicted octanol–water partition coefficient (Wildman–Crippen LogP) is 4.18. The van der Waals surface area contributed by atoms with Crippen LogP contribution in [0.15, 0.2) is 72.9 Å². The van der Waals surface area contributed by atoms with E-state index in [1.165, 1.54) is 12.1 Å².